The molecule has 3 nitrogen and oxygen atoms in total. The molecule has 0 aliphatic rings. The van der Waals surface area contributed by atoms with E-state index in [1.54, 1.807) is 6.07 Å². The van der Waals surface area contributed by atoms with Crippen LogP contribution >= 0.6 is 11.6 Å². The number of halogens is 1. The Hall–Kier alpha value is -2.00. The molecule has 0 fully saturated rings. The number of rotatable bonds is 7. The van der Waals surface area contributed by atoms with Gasteiger partial charge in [0.05, 0.1) is 12.5 Å². The van der Waals surface area contributed by atoms with Gasteiger partial charge in [0.1, 0.15) is 5.75 Å². The number of carboxylic acid groups (broad SMARTS) is 1. The molecule has 0 saturated heterocycles. The zero-order valence-corrected chi connectivity index (χ0v) is 14.1. The molecule has 1 N–H and O–H groups in total. The van der Waals surface area contributed by atoms with Crippen molar-refractivity contribution in [1.82, 2.24) is 0 Å². The van der Waals surface area contributed by atoms with Gasteiger partial charge in [-0.2, -0.15) is 0 Å². The van der Waals surface area contributed by atoms with Crippen molar-refractivity contribution in [2.75, 3.05) is 6.61 Å². The fraction of sp³-hybridized carbons (Fsp3) is 0.316. The molecular formula is C19H21ClO3. The molecule has 2 aromatic rings. The van der Waals surface area contributed by atoms with Crippen molar-refractivity contribution in [2.24, 2.45) is 0 Å². The quantitative estimate of drug-likeness (QED) is 0.788. The predicted molar refractivity (Wildman–Crippen MR) is 92.5 cm³/mol. The predicted octanol–water partition coefficient (Wildman–Crippen LogP) is 4.85. The van der Waals surface area contributed by atoms with Crippen LogP contribution in [-0.4, -0.2) is 17.7 Å². The first-order valence-electron chi connectivity index (χ1n) is 7.72. The highest BCUT2D eigenvalue weighted by Crippen LogP contribution is 2.27. The van der Waals surface area contributed by atoms with Gasteiger partial charge in [-0.05, 0) is 54.7 Å². The van der Waals surface area contributed by atoms with Crippen molar-refractivity contribution in [3.8, 4) is 5.75 Å². The summed E-state index contributed by atoms with van der Waals surface area (Å²) in [6, 6.07) is 12.9. The third-order valence-electron chi connectivity index (χ3n) is 3.69. The molecular weight excluding hydrogens is 312 g/mol. The van der Waals surface area contributed by atoms with E-state index >= 15 is 0 Å². The van der Waals surface area contributed by atoms with E-state index in [1.165, 1.54) is 0 Å². The number of benzene rings is 2. The van der Waals surface area contributed by atoms with Crippen LogP contribution < -0.4 is 4.74 Å². The van der Waals surface area contributed by atoms with Gasteiger partial charge in [-0.25, -0.2) is 0 Å². The molecule has 2 aromatic carbocycles. The average Bonchev–Trinajstić information content (AvgIpc) is 2.51. The van der Waals surface area contributed by atoms with Crippen LogP contribution in [0, 0.1) is 6.92 Å². The molecule has 0 saturated carbocycles. The molecule has 4 heteroatoms. The topological polar surface area (TPSA) is 46.5 Å². The first kappa shape index (κ1) is 17.4. The highest BCUT2D eigenvalue weighted by molar-refractivity contribution is 6.30. The maximum absolute atomic E-state index is 11.7. The summed E-state index contributed by atoms with van der Waals surface area (Å²) in [5, 5.41) is 10.2. The lowest BCUT2D eigenvalue weighted by molar-refractivity contribution is -0.138. The van der Waals surface area contributed by atoms with E-state index in [-0.39, 0.29) is 0 Å². The Kier molecular flexibility index (Phi) is 6.05. The Bertz CT molecular complexity index is 682. The standard InChI is InChI=1S/C19H21ClO3/c1-3-9-23-18-8-7-15(10-13(18)2)17(19(21)22)12-14-5-4-6-16(20)11-14/h4-8,10-11,17H,3,9,12H2,1-2H3,(H,21,22). The summed E-state index contributed by atoms with van der Waals surface area (Å²) in [7, 11) is 0. The lowest BCUT2D eigenvalue weighted by atomic mass is 9.91. The number of aryl methyl sites for hydroxylation is 1. The van der Waals surface area contributed by atoms with Gasteiger partial charge in [-0.1, -0.05) is 42.8 Å². The zero-order valence-electron chi connectivity index (χ0n) is 13.4. The third-order valence-corrected chi connectivity index (χ3v) is 3.93. The summed E-state index contributed by atoms with van der Waals surface area (Å²) >= 11 is 5.98. The fourth-order valence-electron chi connectivity index (χ4n) is 2.51. The molecule has 2 rings (SSSR count). The summed E-state index contributed by atoms with van der Waals surface area (Å²) < 4.78 is 5.65. The number of carboxylic acids is 1. The second-order valence-corrected chi connectivity index (χ2v) is 6.03. The largest absolute Gasteiger partial charge is 0.493 e. The maximum atomic E-state index is 11.7. The highest BCUT2D eigenvalue weighted by atomic mass is 35.5. The van der Waals surface area contributed by atoms with Crippen LogP contribution in [0.25, 0.3) is 0 Å². The Morgan fingerprint density at radius 2 is 2.04 bits per heavy atom. The van der Waals surface area contributed by atoms with Gasteiger partial charge in [0.15, 0.2) is 0 Å². The Labute approximate surface area is 141 Å². The summed E-state index contributed by atoms with van der Waals surface area (Å²) in [5.74, 6) is -0.638. The van der Waals surface area contributed by atoms with E-state index in [0.29, 0.717) is 18.1 Å². The highest BCUT2D eigenvalue weighted by Gasteiger charge is 2.21. The summed E-state index contributed by atoms with van der Waals surface area (Å²) in [6.45, 7) is 4.65. The molecule has 0 bridgehead atoms. The number of hydrogen-bond donors (Lipinski definition) is 1. The smallest absolute Gasteiger partial charge is 0.311 e. The van der Waals surface area contributed by atoms with Gasteiger partial charge in [0.2, 0.25) is 0 Å². The van der Waals surface area contributed by atoms with E-state index < -0.39 is 11.9 Å². The molecule has 0 aliphatic heterocycles. The summed E-state index contributed by atoms with van der Waals surface area (Å²) in [6.07, 6.45) is 1.35. The summed E-state index contributed by atoms with van der Waals surface area (Å²) in [4.78, 5) is 11.7. The first-order chi connectivity index (χ1) is 11.0. The van der Waals surface area contributed by atoms with Gasteiger partial charge in [-0.15, -0.1) is 0 Å². The molecule has 0 heterocycles. The van der Waals surface area contributed by atoms with Crippen molar-refractivity contribution in [3.05, 3.63) is 64.2 Å². The van der Waals surface area contributed by atoms with Crippen LogP contribution in [0.5, 0.6) is 5.75 Å². The van der Waals surface area contributed by atoms with Crippen molar-refractivity contribution < 1.29 is 14.6 Å². The minimum atomic E-state index is -0.841. The SMILES string of the molecule is CCCOc1ccc(C(Cc2cccc(Cl)c2)C(=O)O)cc1C. The van der Waals surface area contributed by atoms with E-state index in [0.717, 1.165) is 28.9 Å². The van der Waals surface area contributed by atoms with Crippen molar-refractivity contribution in [1.29, 1.82) is 0 Å². The first-order valence-corrected chi connectivity index (χ1v) is 8.09. The molecule has 0 aliphatic carbocycles. The molecule has 1 atom stereocenters. The zero-order chi connectivity index (χ0) is 16.8. The Balaban J connectivity index is 2.24. The molecule has 23 heavy (non-hydrogen) atoms. The van der Waals surface area contributed by atoms with Gasteiger partial charge < -0.3 is 9.84 Å². The molecule has 0 radical (unpaired) electrons. The third kappa shape index (κ3) is 4.73. The van der Waals surface area contributed by atoms with Crippen molar-refractivity contribution >= 4 is 17.6 Å². The summed E-state index contributed by atoms with van der Waals surface area (Å²) in [5.41, 5.74) is 2.64. The molecule has 1 unspecified atom stereocenters. The van der Waals surface area contributed by atoms with E-state index in [9.17, 15) is 9.90 Å². The van der Waals surface area contributed by atoms with Crippen LogP contribution in [0.4, 0.5) is 0 Å². The minimum absolute atomic E-state index is 0.407. The molecule has 0 amide bonds. The molecule has 0 spiro atoms. The maximum Gasteiger partial charge on any atom is 0.311 e. The second kappa shape index (κ2) is 8.02. The second-order valence-electron chi connectivity index (χ2n) is 5.60. The fourth-order valence-corrected chi connectivity index (χ4v) is 2.72. The van der Waals surface area contributed by atoms with Gasteiger partial charge in [-0.3, -0.25) is 4.79 Å². The van der Waals surface area contributed by atoms with Crippen LogP contribution in [0.15, 0.2) is 42.5 Å². The van der Waals surface area contributed by atoms with E-state index in [2.05, 4.69) is 6.92 Å². The Morgan fingerprint density at radius 1 is 1.26 bits per heavy atom. The van der Waals surface area contributed by atoms with Gasteiger partial charge in [0.25, 0.3) is 0 Å². The van der Waals surface area contributed by atoms with Crippen molar-refractivity contribution in [2.45, 2.75) is 32.6 Å². The average molecular weight is 333 g/mol. The lowest BCUT2D eigenvalue weighted by Crippen LogP contribution is -2.15. The van der Waals surface area contributed by atoms with Crippen LogP contribution in [0.2, 0.25) is 5.02 Å². The normalized spacial score (nSPS) is 12.0. The van der Waals surface area contributed by atoms with Gasteiger partial charge >= 0.3 is 5.97 Å². The minimum Gasteiger partial charge on any atom is -0.493 e. The molecule has 0 aromatic heterocycles. The number of ether oxygens (including phenoxy) is 1. The van der Waals surface area contributed by atoms with E-state index in [4.69, 9.17) is 16.3 Å². The Morgan fingerprint density at radius 3 is 2.65 bits per heavy atom. The van der Waals surface area contributed by atoms with E-state index in [1.807, 2.05) is 43.3 Å². The molecule has 122 valence electrons. The number of hydrogen-bond acceptors (Lipinski definition) is 2. The van der Waals surface area contributed by atoms with Crippen LogP contribution in [-0.2, 0) is 11.2 Å². The number of carbonyl (C=O) groups is 1. The monoisotopic (exact) mass is 332 g/mol. The van der Waals surface area contributed by atoms with Crippen molar-refractivity contribution in [3.63, 3.8) is 0 Å². The number of aliphatic carboxylic acids is 1. The van der Waals surface area contributed by atoms with Crippen LogP contribution in [0.3, 0.4) is 0 Å². The van der Waals surface area contributed by atoms with Crippen LogP contribution in [0.1, 0.15) is 36.0 Å². The van der Waals surface area contributed by atoms with Gasteiger partial charge in [0, 0.05) is 5.02 Å². The lowest BCUT2D eigenvalue weighted by Gasteiger charge is -2.16.